The van der Waals surface area contributed by atoms with Crippen LogP contribution < -0.4 is 15.8 Å². The number of hydrogen-bond acceptors (Lipinski definition) is 4. The molecule has 1 saturated heterocycles. The summed E-state index contributed by atoms with van der Waals surface area (Å²) < 4.78 is 10.8. The molecule has 1 aliphatic heterocycles. The predicted octanol–water partition coefficient (Wildman–Crippen LogP) is 1.24. The van der Waals surface area contributed by atoms with E-state index in [-0.39, 0.29) is 17.5 Å². The molecule has 1 aromatic carbocycles. The van der Waals surface area contributed by atoms with E-state index >= 15 is 0 Å². The first kappa shape index (κ1) is 15.7. The van der Waals surface area contributed by atoms with Crippen LogP contribution in [-0.4, -0.2) is 37.3 Å². The van der Waals surface area contributed by atoms with Gasteiger partial charge in [-0.1, -0.05) is 24.4 Å². The zero-order valence-corrected chi connectivity index (χ0v) is 12.7. The number of amides is 1. The van der Waals surface area contributed by atoms with Crippen molar-refractivity contribution in [2.24, 2.45) is 11.7 Å². The summed E-state index contributed by atoms with van der Waals surface area (Å²) in [6.07, 6.45) is 2.02. The van der Waals surface area contributed by atoms with E-state index in [1.54, 1.807) is 12.1 Å². The smallest absolute Gasteiger partial charge is 0.257 e. The lowest BCUT2D eigenvalue weighted by Crippen LogP contribution is -2.31. The molecular formula is C15H20N2O3S. The fourth-order valence-electron chi connectivity index (χ4n) is 2.22. The number of nitrogens with one attached hydrogen (secondary N) is 1. The highest BCUT2D eigenvalue weighted by molar-refractivity contribution is 7.80. The minimum atomic E-state index is -0.147. The number of nitrogens with two attached hydrogens (primary N) is 1. The molecule has 1 heterocycles. The fourth-order valence-corrected chi connectivity index (χ4v) is 2.39. The zero-order valence-electron chi connectivity index (χ0n) is 11.8. The highest BCUT2D eigenvalue weighted by atomic mass is 32.1. The van der Waals surface area contributed by atoms with Gasteiger partial charge in [-0.2, -0.15) is 0 Å². The van der Waals surface area contributed by atoms with Gasteiger partial charge in [0.05, 0.1) is 5.56 Å². The summed E-state index contributed by atoms with van der Waals surface area (Å²) >= 11 is 4.95. The van der Waals surface area contributed by atoms with Gasteiger partial charge in [0.25, 0.3) is 5.91 Å². The van der Waals surface area contributed by atoms with Crippen LogP contribution in [0.1, 0.15) is 18.4 Å². The summed E-state index contributed by atoms with van der Waals surface area (Å²) in [5, 5.41) is 2.84. The van der Waals surface area contributed by atoms with Gasteiger partial charge in [-0.05, 0) is 30.9 Å². The van der Waals surface area contributed by atoms with Crippen molar-refractivity contribution < 1.29 is 14.3 Å². The van der Waals surface area contributed by atoms with Gasteiger partial charge in [-0.25, -0.2) is 0 Å². The molecule has 1 atom stereocenters. The first-order valence-electron chi connectivity index (χ1n) is 7.03. The minimum Gasteiger partial charge on any atom is -0.483 e. The van der Waals surface area contributed by atoms with Crippen LogP contribution in [0.4, 0.5) is 0 Å². The third-order valence-corrected chi connectivity index (χ3v) is 3.63. The monoisotopic (exact) mass is 308 g/mol. The second-order valence-corrected chi connectivity index (χ2v) is 5.46. The summed E-state index contributed by atoms with van der Waals surface area (Å²) in [5.41, 5.74) is 6.25. The molecule has 3 N–H and O–H groups in total. The molecule has 0 saturated carbocycles. The molecule has 0 aliphatic carbocycles. The highest BCUT2D eigenvalue weighted by Gasteiger charge is 2.15. The van der Waals surface area contributed by atoms with E-state index in [1.807, 2.05) is 12.1 Å². The number of carbonyl (C=O) groups is 1. The largest absolute Gasteiger partial charge is 0.483 e. The van der Waals surface area contributed by atoms with Crippen LogP contribution in [0.25, 0.3) is 0 Å². The van der Waals surface area contributed by atoms with E-state index in [4.69, 9.17) is 27.4 Å². The maximum absolute atomic E-state index is 11.7. The average Bonchev–Trinajstić information content (AvgIpc) is 2.98. The number of benzene rings is 1. The van der Waals surface area contributed by atoms with Crippen LogP contribution in [0.5, 0.6) is 5.75 Å². The van der Waals surface area contributed by atoms with Crippen LogP contribution in [0.15, 0.2) is 24.3 Å². The van der Waals surface area contributed by atoms with E-state index in [1.165, 1.54) is 0 Å². The Morgan fingerprint density at radius 2 is 2.29 bits per heavy atom. The summed E-state index contributed by atoms with van der Waals surface area (Å²) in [4.78, 5) is 12.0. The van der Waals surface area contributed by atoms with Crippen LogP contribution in [0, 0.1) is 5.92 Å². The van der Waals surface area contributed by atoms with E-state index in [0.717, 1.165) is 26.1 Å². The van der Waals surface area contributed by atoms with Gasteiger partial charge in [-0.15, -0.1) is 0 Å². The molecule has 114 valence electrons. The molecule has 1 unspecified atom stereocenters. The molecular weight excluding hydrogens is 288 g/mol. The zero-order chi connectivity index (χ0) is 15.1. The van der Waals surface area contributed by atoms with Crippen molar-refractivity contribution in [3.05, 3.63) is 29.8 Å². The Hall–Kier alpha value is -1.66. The number of ether oxygens (including phenoxy) is 2. The van der Waals surface area contributed by atoms with Crippen LogP contribution in [0.3, 0.4) is 0 Å². The van der Waals surface area contributed by atoms with E-state index in [2.05, 4.69) is 5.32 Å². The van der Waals surface area contributed by atoms with Crippen molar-refractivity contribution in [2.45, 2.75) is 12.8 Å². The molecule has 6 heteroatoms. The minimum absolute atomic E-state index is 0.0409. The Bertz CT molecular complexity index is 501. The summed E-state index contributed by atoms with van der Waals surface area (Å²) in [5.74, 6) is 0.942. The van der Waals surface area contributed by atoms with Crippen LogP contribution in [0.2, 0.25) is 0 Å². The fraction of sp³-hybridized carbons (Fsp3) is 0.467. The molecule has 0 aromatic heterocycles. The van der Waals surface area contributed by atoms with Crippen molar-refractivity contribution in [3.63, 3.8) is 0 Å². The quantitative estimate of drug-likeness (QED) is 0.742. The third-order valence-electron chi connectivity index (χ3n) is 3.41. The first-order chi connectivity index (χ1) is 10.2. The van der Waals surface area contributed by atoms with Crippen molar-refractivity contribution >= 4 is 23.1 Å². The van der Waals surface area contributed by atoms with Gasteiger partial charge in [0.15, 0.2) is 6.61 Å². The molecule has 21 heavy (non-hydrogen) atoms. The van der Waals surface area contributed by atoms with Gasteiger partial charge in [0, 0.05) is 19.8 Å². The third kappa shape index (κ3) is 4.99. The molecule has 0 bridgehead atoms. The average molecular weight is 308 g/mol. The lowest BCUT2D eigenvalue weighted by Gasteiger charge is -2.11. The van der Waals surface area contributed by atoms with Crippen molar-refractivity contribution in [1.82, 2.24) is 5.32 Å². The normalized spacial score (nSPS) is 17.4. The van der Waals surface area contributed by atoms with Gasteiger partial charge in [-0.3, -0.25) is 4.79 Å². The topological polar surface area (TPSA) is 73.6 Å². The summed E-state index contributed by atoms with van der Waals surface area (Å²) in [6.45, 7) is 2.24. The van der Waals surface area contributed by atoms with E-state index in [9.17, 15) is 4.79 Å². The lowest BCUT2D eigenvalue weighted by atomic mass is 10.1. The molecule has 0 radical (unpaired) electrons. The van der Waals surface area contributed by atoms with E-state index < -0.39 is 0 Å². The summed E-state index contributed by atoms with van der Waals surface area (Å²) in [7, 11) is 0. The number of para-hydroxylation sites is 1. The van der Waals surface area contributed by atoms with Crippen molar-refractivity contribution in [2.75, 3.05) is 26.4 Å². The SMILES string of the molecule is NC(=S)c1ccccc1OCC(=O)NCCC1CCOC1. The maximum atomic E-state index is 11.7. The van der Waals surface area contributed by atoms with Gasteiger partial charge in [0.1, 0.15) is 10.7 Å². The molecule has 1 amide bonds. The highest BCUT2D eigenvalue weighted by Crippen LogP contribution is 2.17. The van der Waals surface area contributed by atoms with Crippen LogP contribution >= 0.6 is 12.2 Å². The number of hydrogen-bond donors (Lipinski definition) is 2. The molecule has 1 aliphatic rings. The molecule has 1 aromatic rings. The Balaban J connectivity index is 1.72. The van der Waals surface area contributed by atoms with Gasteiger partial charge < -0.3 is 20.5 Å². The van der Waals surface area contributed by atoms with E-state index in [0.29, 0.717) is 23.8 Å². The van der Waals surface area contributed by atoms with Gasteiger partial charge in [0.2, 0.25) is 0 Å². The molecule has 0 spiro atoms. The number of thiocarbonyl (C=S) groups is 1. The van der Waals surface area contributed by atoms with Crippen molar-refractivity contribution in [1.29, 1.82) is 0 Å². The Morgan fingerprint density at radius 1 is 1.48 bits per heavy atom. The maximum Gasteiger partial charge on any atom is 0.257 e. The van der Waals surface area contributed by atoms with Crippen LogP contribution in [-0.2, 0) is 9.53 Å². The van der Waals surface area contributed by atoms with Crippen molar-refractivity contribution in [3.8, 4) is 5.75 Å². The molecule has 2 rings (SSSR count). The second-order valence-electron chi connectivity index (χ2n) is 5.02. The first-order valence-corrected chi connectivity index (χ1v) is 7.43. The Kier molecular flexibility index (Phi) is 5.95. The standard InChI is InChI=1S/C15H20N2O3S/c16-15(21)12-3-1-2-4-13(12)20-10-14(18)17-7-5-11-6-8-19-9-11/h1-4,11H,5-10H2,(H2,16,21)(H,17,18). The molecule has 5 nitrogen and oxygen atoms in total. The number of rotatable bonds is 7. The second kappa shape index (κ2) is 7.95. The Labute approximate surface area is 129 Å². The molecule has 1 fully saturated rings. The predicted molar refractivity (Wildman–Crippen MR) is 84.4 cm³/mol. The van der Waals surface area contributed by atoms with Gasteiger partial charge >= 0.3 is 0 Å². The number of carbonyl (C=O) groups excluding carboxylic acids is 1. The lowest BCUT2D eigenvalue weighted by molar-refractivity contribution is -0.123. The summed E-state index contributed by atoms with van der Waals surface area (Å²) in [6, 6.07) is 7.16. The Morgan fingerprint density at radius 3 is 3.00 bits per heavy atom.